The van der Waals surface area contributed by atoms with Crippen LogP contribution in [-0.2, 0) is 11.0 Å². The number of hydrogen-bond donors (Lipinski definition) is 1. The quantitative estimate of drug-likeness (QED) is 0.181. The van der Waals surface area contributed by atoms with Gasteiger partial charge in [0.1, 0.15) is 41.0 Å². The molecule has 5 heterocycles. The van der Waals surface area contributed by atoms with Gasteiger partial charge >= 0.3 is 12.2 Å². The first kappa shape index (κ1) is 37.4. The van der Waals surface area contributed by atoms with Crippen molar-refractivity contribution in [1.29, 1.82) is 5.26 Å². The summed E-state index contributed by atoms with van der Waals surface area (Å²) in [4.78, 5) is 27.0. The number of nitrogens with two attached hydrogens (primary N) is 1. The van der Waals surface area contributed by atoms with E-state index in [9.17, 15) is 27.6 Å². The number of nitriles is 1. The number of ether oxygens (including phenoxy) is 1. The Hall–Kier alpha value is -4.50. The molecule has 1 saturated carbocycles. The smallest absolute Gasteiger partial charge is 0.417 e. The van der Waals surface area contributed by atoms with Crippen molar-refractivity contribution in [3.05, 3.63) is 41.0 Å². The molecule has 2 N–H and O–H groups in total. The van der Waals surface area contributed by atoms with E-state index in [0.717, 1.165) is 18.6 Å². The predicted octanol–water partition coefficient (Wildman–Crippen LogP) is 7.69. The van der Waals surface area contributed by atoms with Crippen LogP contribution in [0.15, 0.2) is 18.2 Å². The van der Waals surface area contributed by atoms with E-state index < -0.39 is 88.4 Å². The topological polar surface area (TPSA) is 112 Å². The molecule has 3 unspecified atom stereocenters. The third-order valence-corrected chi connectivity index (χ3v) is 12.6. The van der Waals surface area contributed by atoms with E-state index in [0.29, 0.717) is 36.8 Å². The lowest BCUT2D eigenvalue weighted by atomic mass is 9.80. The monoisotopic (exact) mass is 793 g/mol. The molecule has 8 rings (SSSR count). The highest BCUT2D eigenvalue weighted by Crippen LogP contribution is 2.49. The van der Waals surface area contributed by atoms with Gasteiger partial charge in [-0.2, -0.15) is 28.4 Å². The Bertz CT molecular complexity index is 2250. The highest BCUT2D eigenvalue weighted by Gasteiger charge is 2.51. The molecule has 2 aromatic heterocycles. The molecule has 4 aliphatic rings. The number of fused-ring (bicyclic) bond motifs is 3. The molecule has 0 bridgehead atoms. The molecule has 0 radical (unpaired) electrons. The zero-order valence-corrected chi connectivity index (χ0v) is 30.3. The summed E-state index contributed by atoms with van der Waals surface area (Å²) in [6.45, 7) is 2.89. The van der Waals surface area contributed by atoms with E-state index in [1.54, 1.807) is 17.9 Å². The molecule has 3 aliphatic heterocycles. The SMILES string of the molecule is CCN(c1nc(OCC23CCCN2CC(F)C3)nc2c(F)c(-c3ccc(F)c4sc(N)c(C#N)c34)c(C(F)(F)F)cc12)C1CCN(C(=O)C2CC(F)(F)C2)C1. The largest absolute Gasteiger partial charge is 0.461 e. The van der Waals surface area contributed by atoms with Crippen LogP contribution in [0, 0.1) is 28.9 Å². The van der Waals surface area contributed by atoms with Crippen LogP contribution in [0.3, 0.4) is 0 Å². The molecule has 4 aromatic rings. The van der Waals surface area contributed by atoms with E-state index in [1.165, 1.54) is 4.90 Å². The second-order valence-electron chi connectivity index (χ2n) is 14.9. The Balaban J connectivity index is 1.28. The highest BCUT2D eigenvalue weighted by molar-refractivity contribution is 7.23. The van der Waals surface area contributed by atoms with Crippen molar-refractivity contribution in [2.75, 3.05) is 50.0 Å². The minimum atomic E-state index is -5.18. The van der Waals surface area contributed by atoms with Crippen LogP contribution in [0.1, 0.15) is 56.6 Å². The number of thiophene rings is 1. The van der Waals surface area contributed by atoms with Gasteiger partial charge in [-0.3, -0.25) is 9.69 Å². The molecule has 1 amide bonds. The van der Waals surface area contributed by atoms with Crippen LogP contribution in [-0.4, -0.2) is 88.7 Å². The van der Waals surface area contributed by atoms with Gasteiger partial charge < -0.3 is 20.3 Å². The standard InChI is InChI=1S/C37H35F8N7O2S/c1-2-52(20-6-9-50(16-20)33(53)18-11-36(41,42)12-18)32-22-10-24(37(43,44)45)27(21-4-5-25(39)30-26(21)23(14-46)31(47)55-30)28(40)29(22)48-34(49-32)54-17-35-7-3-8-51(35)15-19(38)13-35/h4-5,10,18-20H,2-3,6-9,11-13,15-17,47H2,1H3. The fourth-order valence-corrected chi connectivity index (χ4v) is 9.94. The number of halogens is 8. The number of carbonyl (C=O) groups excluding carboxylic acids is 1. The molecular weight excluding hydrogens is 759 g/mol. The van der Waals surface area contributed by atoms with E-state index >= 15 is 17.6 Å². The van der Waals surface area contributed by atoms with E-state index in [2.05, 4.69) is 9.97 Å². The van der Waals surface area contributed by atoms with Gasteiger partial charge in [-0.05, 0) is 50.4 Å². The third-order valence-electron chi connectivity index (χ3n) is 11.6. The maximum absolute atomic E-state index is 17.3. The average Bonchev–Trinajstić information content (AvgIpc) is 3.89. The molecule has 0 spiro atoms. The van der Waals surface area contributed by atoms with Crippen molar-refractivity contribution < 1.29 is 44.7 Å². The van der Waals surface area contributed by atoms with Crippen LogP contribution in [0.4, 0.5) is 45.9 Å². The Labute approximate surface area is 313 Å². The summed E-state index contributed by atoms with van der Waals surface area (Å²) < 4.78 is 125. The molecular formula is C37H35F8N7O2S. The Morgan fingerprint density at radius 3 is 2.62 bits per heavy atom. The first-order valence-electron chi connectivity index (χ1n) is 18.0. The molecule has 18 heteroatoms. The molecule has 4 fully saturated rings. The Morgan fingerprint density at radius 2 is 1.93 bits per heavy atom. The van der Waals surface area contributed by atoms with Gasteiger partial charge in [0.05, 0.1) is 21.4 Å². The van der Waals surface area contributed by atoms with Gasteiger partial charge in [-0.1, -0.05) is 6.07 Å². The van der Waals surface area contributed by atoms with Gasteiger partial charge in [-0.15, -0.1) is 11.3 Å². The number of benzene rings is 2. The Morgan fingerprint density at radius 1 is 1.16 bits per heavy atom. The van der Waals surface area contributed by atoms with Crippen molar-refractivity contribution in [3.63, 3.8) is 0 Å². The zero-order chi connectivity index (χ0) is 39.2. The summed E-state index contributed by atoms with van der Waals surface area (Å²) in [6, 6.07) is 3.43. The summed E-state index contributed by atoms with van der Waals surface area (Å²) in [5, 5.41) is 9.10. The number of likely N-dealkylation sites (N-methyl/N-ethyl adjacent to an activating group) is 1. The van der Waals surface area contributed by atoms with Crippen molar-refractivity contribution >= 4 is 49.1 Å². The molecule has 3 atom stereocenters. The second-order valence-corrected chi connectivity index (χ2v) is 16.0. The first-order valence-corrected chi connectivity index (χ1v) is 18.8. The molecule has 55 heavy (non-hydrogen) atoms. The lowest BCUT2D eigenvalue weighted by Gasteiger charge is -2.36. The van der Waals surface area contributed by atoms with E-state index in [4.69, 9.17) is 10.5 Å². The van der Waals surface area contributed by atoms with E-state index in [-0.39, 0.29) is 77.1 Å². The lowest BCUT2D eigenvalue weighted by molar-refractivity contribution is -0.158. The van der Waals surface area contributed by atoms with Crippen LogP contribution in [0.25, 0.3) is 32.1 Å². The number of nitrogen functional groups attached to an aromatic ring is 1. The van der Waals surface area contributed by atoms with Gasteiger partial charge in [0.15, 0.2) is 5.82 Å². The summed E-state index contributed by atoms with van der Waals surface area (Å²) >= 11 is 0.650. The second kappa shape index (κ2) is 13.3. The maximum Gasteiger partial charge on any atom is 0.417 e. The average molecular weight is 794 g/mol. The van der Waals surface area contributed by atoms with Crippen molar-refractivity contribution in [2.24, 2.45) is 5.92 Å². The van der Waals surface area contributed by atoms with Crippen LogP contribution in [0.5, 0.6) is 6.01 Å². The first-order chi connectivity index (χ1) is 26.0. The minimum absolute atomic E-state index is 0.0587. The third kappa shape index (κ3) is 6.27. The number of rotatable bonds is 8. The maximum atomic E-state index is 17.3. The summed E-state index contributed by atoms with van der Waals surface area (Å²) in [5.74, 6) is -6.59. The molecule has 292 valence electrons. The fourth-order valence-electron chi connectivity index (χ4n) is 8.99. The molecule has 1 aliphatic carbocycles. The van der Waals surface area contributed by atoms with Gasteiger partial charge in [0.25, 0.3) is 0 Å². The summed E-state index contributed by atoms with van der Waals surface area (Å²) in [6.07, 6.45) is -5.47. The minimum Gasteiger partial charge on any atom is -0.461 e. The van der Waals surface area contributed by atoms with Crippen molar-refractivity contribution in [1.82, 2.24) is 19.8 Å². The fraction of sp³-hybridized carbons (Fsp3) is 0.514. The summed E-state index contributed by atoms with van der Waals surface area (Å²) in [5.41, 5.74) is 1.58. The Kier molecular flexibility index (Phi) is 9.06. The molecule has 9 nitrogen and oxygen atoms in total. The number of aromatic nitrogens is 2. The van der Waals surface area contributed by atoms with Gasteiger partial charge in [0.2, 0.25) is 11.8 Å². The van der Waals surface area contributed by atoms with E-state index in [1.807, 2.05) is 4.90 Å². The number of anilines is 2. The van der Waals surface area contributed by atoms with Crippen LogP contribution < -0.4 is 15.4 Å². The number of amides is 1. The van der Waals surface area contributed by atoms with Crippen LogP contribution in [0.2, 0.25) is 0 Å². The predicted molar refractivity (Wildman–Crippen MR) is 189 cm³/mol. The lowest BCUT2D eigenvalue weighted by Crippen LogP contribution is -2.47. The number of nitrogens with zero attached hydrogens (tertiary/aromatic N) is 6. The van der Waals surface area contributed by atoms with Gasteiger partial charge in [-0.25, -0.2) is 22.0 Å². The zero-order valence-electron chi connectivity index (χ0n) is 29.5. The number of likely N-dealkylation sites (tertiary alicyclic amines) is 1. The highest BCUT2D eigenvalue weighted by atomic mass is 32.1. The summed E-state index contributed by atoms with van der Waals surface area (Å²) in [7, 11) is 0. The number of hydrogen-bond acceptors (Lipinski definition) is 9. The normalized spacial score (nSPS) is 24.0. The van der Waals surface area contributed by atoms with Crippen molar-refractivity contribution in [2.45, 2.75) is 75.3 Å². The number of carbonyl (C=O) groups is 1. The van der Waals surface area contributed by atoms with Crippen LogP contribution >= 0.6 is 11.3 Å². The number of alkyl halides is 6. The molecule has 2 aromatic carbocycles. The van der Waals surface area contributed by atoms with Crippen molar-refractivity contribution in [3.8, 4) is 23.2 Å². The molecule has 3 saturated heterocycles. The van der Waals surface area contributed by atoms with Gasteiger partial charge in [0, 0.05) is 73.7 Å².